The number of fused-ring (bicyclic) bond motifs is 1. The van der Waals surface area contributed by atoms with E-state index in [1.807, 2.05) is 18.2 Å². The van der Waals surface area contributed by atoms with Crippen molar-refractivity contribution >= 4 is 5.97 Å². The third-order valence-corrected chi connectivity index (χ3v) is 6.54. The van der Waals surface area contributed by atoms with Crippen LogP contribution in [-0.2, 0) is 22.5 Å². The number of carbonyl (C=O) groups is 1. The maximum absolute atomic E-state index is 13.5. The molecule has 176 valence electrons. The maximum Gasteiger partial charge on any atom is 0.315 e. The van der Waals surface area contributed by atoms with Gasteiger partial charge in [0.25, 0.3) is 0 Å². The van der Waals surface area contributed by atoms with Crippen molar-refractivity contribution in [3.8, 4) is 5.75 Å². The minimum Gasteiger partial charge on any atom is -0.426 e. The normalized spacial score (nSPS) is 22.0. The average molecular weight is 465 g/mol. The lowest BCUT2D eigenvalue weighted by Gasteiger charge is -2.38. The van der Waals surface area contributed by atoms with E-state index >= 15 is 0 Å². The first-order chi connectivity index (χ1) is 16.5. The highest BCUT2D eigenvalue weighted by atomic mass is 19.1. The molecule has 2 aliphatic rings. The zero-order valence-electron chi connectivity index (χ0n) is 18.4. The number of hydrogen-bond acceptors (Lipinski definition) is 5. The molecule has 2 N–H and O–H groups in total. The number of nitrogens with one attached hydrogen (secondary N) is 1. The van der Waals surface area contributed by atoms with Gasteiger partial charge in [-0.1, -0.05) is 42.5 Å². The zero-order chi connectivity index (χ0) is 23.7. The van der Waals surface area contributed by atoms with Crippen molar-refractivity contribution in [2.45, 2.75) is 43.6 Å². The van der Waals surface area contributed by atoms with Crippen LogP contribution in [0.4, 0.5) is 8.78 Å². The molecule has 1 saturated heterocycles. The van der Waals surface area contributed by atoms with Crippen molar-refractivity contribution in [3.63, 3.8) is 0 Å². The molecule has 1 fully saturated rings. The molecule has 5 rings (SSSR count). The predicted octanol–water partition coefficient (Wildman–Crippen LogP) is 3.87. The predicted molar refractivity (Wildman–Crippen MR) is 121 cm³/mol. The van der Waals surface area contributed by atoms with Crippen molar-refractivity contribution in [1.82, 2.24) is 5.32 Å². The summed E-state index contributed by atoms with van der Waals surface area (Å²) in [7, 11) is 0. The van der Waals surface area contributed by atoms with Gasteiger partial charge in [0.2, 0.25) is 0 Å². The fourth-order valence-electron chi connectivity index (χ4n) is 4.79. The van der Waals surface area contributed by atoms with E-state index in [9.17, 15) is 18.7 Å². The molecule has 3 atom stereocenters. The fourth-order valence-corrected chi connectivity index (χ4v) is 4.79. The standard InChI is InChI=1S/C27H25F2NO4/c28-20-8-4-16(5-9-20)26(17-6-10-21(29)11-7-17)24-13-23(31)22(15-33-24)30-14-19-3-1-2-18-12-25(32)34-27(18)19/h1-11,22-24,26,30-31H,12-15H2. The molecule has 0 aliphatic carbocycles. The average Bonchev–Trinajstić information content (AvgIpc) is 3.22. The number of benzene rings is 3. The van der Waals surface area contributed by atoms with Crippen molar-refractivity contribution in [1.29, 1.82) is 0 Å². The Labute approximate surface area is 196 Å². The quantitative estimate of drug-likeness (QED) is 0.428. The molecule has 0 saturated carbocycles. The van der Waals surface area contributed by atoms with Crippen LogP contribution < -0.4 is 10.1 Å². The van der Waals surface area contributed by atoms with Crippen LogP contribution in [0.25, 0.3) is 0 Å². The van der Waals surface area contributed by atoms with Gasteiger partial charge in [0.05, 0.1) is 31.3 Å². The Morgan fingerprint density at radius 2 is 1.62 bits per heavy atom. The summed E-state index contributed by atoms with van der Waals surface area (Å²) in [6.07, 6.45) is -0.444. The number of rotatable bonds is 6. The van der Waals surface area contributed by atoms with Crippen LogP contribution in [0.1, 0.15) is 34.6 Å². The number of hydrogen-bond donors (Lipinski definition) is 2. The highest BCUT2D eigenvalue weighted by Gasteiger charge is 2.36. The molecule has 3 unspecified atom stereocenters. The minimum absolute atomic E-state index is 0.263. The smallest absolute Gasteiger partial charge is 0.315 e. The highest BCUT2D eigenvalue weighted by Crippen LogP contribution is 2.35. The summed E-state index contributed by atoms with van der Waals surface area (Å²) < 4.78 is 38.6. The lowest BCUT2D eigenvalue weighted by molar-refractivity contribution is -0.131. The molecule has 7 heteroatoms. The Morgan fingerprint density at radius 1 is 0.971 bits per heavy atom. The summed E-state index contributed by atoms with van der Waals surface area (Å²) in [5.41, 5.74) is 3.39. The summed E-state index contributed by atoms with van der Waals surface area (Å²) in [5, 5.41) is 14.3. The molecule has 34 heavy (non-hydrogen) atoms. The number of ether oxygens (including phenoxy) is 2. The van der Waals surface area contributed by atoms with Crippen LogP contribution >= 0.6 is 0 Å². The lowest BCUT2D eigenvalue weighted by Crippen LogP contribution is -2.50. The Morgan fingerprint density at radius 3 is 2.24 bits per heavy atom. The van der Waals surface area contributed by atoms with Gasteiger partial charge in [-0.15, -0.1) is 0 Å². The summed E-state index contributed by atoms with van der Waals surface area (Å²) in [4.78, 5) is 11.6. The van der Waals surface area contributed by atoms with Crippen LogP contribution in [0.3, 0.4) is 0 Å². The monoisotopic (exact) mass is 465 g/mol. The molecule has 0 radical (unpaired) electrons. The van der Waals surface area contributed by atoms with Gasteiger partial charge in [-0.25, -0.2) is 8.78 Å². The number of carbonyl (C=O) groups excluding carboxylic acids is 1. The van der Waals surface area contributed by atoms with E-state index in [1.165, 1.54) is 24.3 Å². The number of aliphatic hydroxyl groups is 1. The first-order valence-corrected chi connectivity index (χ1v) is 11.3. The number of aliphatic hydroxyl groups excluding tert-OH is 1. The third-order valence-electron chi connectivity index (χ3n) is 6.54. The van der Waals surface area contributed by atoms with E-state index in [0.29, 0.717) is 18.7 Å². The van der Waals surface area contributed by atoms with Crippen LogP contribution in [0, 0.1) is 11.6 Å². The van der Waals surface area contributed by atoms with Crippen LogP contribution in [0.5, 0.6) is 5.75 Å². The molecular weight excluding hydrogens is 440 g/mol. The Balaban J connectivity index is 1.29. The summed E-state index contributed by atoms with van der Waals surface area (Å²) in [6, 6.07) is 17.7. The lowest BCUT2D eigenvalue weighted by atomic mass is 9.82. The third kappa shape index (κ3) is 4.73. The van der Waals surface area contributed by atoms with E-state index in [2.05, 4.69) is 5.32 Å². The molecule has 0 aromatic heterocycles. The van der Waals surface area contributed by atoms with Gasteiger partial charge < -0.3 is 19.9 Å². The van der Waals surface area contributed by atoms with Crippen LogP contribution in [0.2, 0.25) is 0 Å². The summed E-state index contributed by atoms with van der Waals surface area (Å²) >= 11 is 0. The molecule has 0 amide bonds. The van der Waals surface area contributed by atoms with E-state index in [4.69, 9.17) is 9.47 Å². The molecule has 0 bridgehead atoms. The largest absolute Gasteiger partial charge is 0.426 e. The van der Waals surface area contributed by atoms with Gasteiger partial charge in [-0.05, 0) is 35.4 Å². The fraction of sp³-hybridized carbons (Fsp3) is 0.296. The van der Waals surface area contributed by atoms with Crippen molar-refractivity contribution in [2.75, 3.05) is 6.61 Å². The van der Waals surface area contributed by atoms with Gasteiger partial charge in [0.1, 0.15) is 17.4 Å². The second-order valence-electron chi connectivity index (χ2n) is 8.80. The van der Waals surface area contributed by atoms with Crippen molar-refractivity contribution < 1.29 is 28.2 Å². The molecule has 2 aliphatic heterocycles. The van der Waals surface area contributed by atoms with E-state index < -0.39 is 6.10 Å². The van der Waals surface area contributed by atoms with E-state index in [-0.39, 0.29) is 48.7 Å². The molecule has 3 aromatic carbocycles. The van der Waals surface area contributed by atoms with Gasteiger partial charge in [-0.2, -0.15) is 0 Å². The summed E-state index contributed by atoms with van der Waals surface area (Å²) in [5.74, 6) is -0.633. The van der Waals surface area contributed by atoms with Crippen molar-refractivity contribution in [3.05, 3.63) is 101 Å². The van der Waals surface area contributed by atoms with Crippen LogP contribution in [0.15, 0.2) is 66.7 Å². The van der Waals surface area contributed by atoms with E-state index in [1.54, 1.807) is 24.3 Å². The Hall–Kier alpha value is -3.13. The molecular formula is C27H25F2NO4. The minimum atomic E-state index is -0.693. The first kappa shape index (κ1) is 22.7. The number of esters is 1. The first-order valence-electron chi connectivity index (χ1n) is 11.3. The molecule has 5 nitrogen and oxygen atoms in total. The molecule has 2 heterocycles. The summed E-state index contributed by atoms with van der Waals surface area (Å²) in [6.45, 7) is 0.686. The van der Waals surface area contributed by atoms with Gasteiger partial charge in [-0.3, -0.25) is 4.79 Å². The van der Waals surface area contributed by atoms with Crippen molar-refractivity contribution in [2.24, 2.45) is 0 Å². The van der Waals surface area contributed by atoms with Crippen LogP contribution in [-0.4, -0.2) is 35.9 Å². The number of halogens is 2. The second kappa shape index (κ2) is 9.62. The topological polar surface area (TPSA) is 67.8 Å². The SMILES string of the molecule is O=C1Cc2cccc(CNC3COC(C(c4ccc(F)cc4)c4ccc(F)cc4)CC3O)c2O1. The Bertz CT molecular complexity index is 1120. The Kier molecular flexibility index (Phi) is 6.41. The van der Waals surface area contributed by atoms with Gasteiger partial charge in [0, 0.05) is 30.0 Å². The highest BCUT2D eigenvalue weighted by molar-refractivity contribution is 5.81. The number of para-hydroxylation sites is 1. The second-order valence-corrected chi connectivity index (χ2v) is 8.80. The van der Waals surface area contributed by atoms with Gasteiger partial charge in [0.15, 0.2) is 0 Å². The zero-order valence-corrected chi connectivity index (χ0v) is 18.4. The molecule has 3 aromatic rings. The van der Waals surface area contributed by atoms with Gasteiger partial charge >= 0.3 is 5.97 Å². The molecule has 0 spiro atoms. The maximum atomic E-state index is 13.5. The van der Waals surface area contributed by atoms with E-state index in [0.717, 1.165) is 22.3 Å².